The van der Waals surface area contributed by atoms with Crippen LogP contribution in [0.25, 0.3) is 0 Å². The van der Waals surface area contributed by atoms with Gasteiger partial charge in [-0.15, -0.1) is 0 Å². The summed E-state index contributed by atoms with van der Waals surface area (Å²) in [6.07, 6.45) is 3.97. The molecule has 4 nitrogen and oxygen atoms in total. The molecule has 0 bridgehead atoms. The first-order valence-electron chi connectivity index (χ1n) is 6.92. The molecule has 1 fully saturated rings. The number of pyridine rings is 1. The van der Waals surface area contributed by atoms with Crippen molar-refractivity contribution in [2.24, 2.45) is 0 Å². The number of carbonyl (C=O) groups excluding carboxylic acids is 1. The first-order chi connectivity index (χ1) is 10.1. The summed E-state index contributed by atoms with van der Waals surface area (Å²) in [7, 11) is 0. The Balaban J connectivity index is 1.70. The fourth-order valence-corrected chi connectivity index (χ4v) is 2.39. The molecule has 1 saturated carbocycles. The number of carbonyl (C=O) groups is 1. The van der Waals surface area contributed by atoms with E-state index < -0.39 is 0 Å². The minimum Gasteiger partial charge on any atom is -0.398 e. The smallest absolute Gasteiger partial charge is 0.253 e. The Morgan fingerprint density at radius 2 is 2.19 bits per heavy atom. The molecule has 0 spiro atoms. The summed E-state index contributed by atoms with van der Waals surface area (Å²) in [6, 6.07) is 8.98. The maximum atomic E-state index is 12.3. The van der Waals surface area contributed by atoms with E-state index in [4.69, 9.17) is 17.3 Å². The molecule has 0 saturated heterocycles. The van der Waals surface area contributed by atoms with Gasteiger partial charge in [0.15, 0.2) is 0 Å². The van der Waals surface area contributed by atoms with E-state index in [2.05, 4.69) is 10.3 Å². The zero-order valence-electron chi connectivity index (χ0n) is 11.5. The van der Waals surface area contributed by atoms with Crippen LogP contribution < -0.4 is 11.1 Å². The average molecular weight is 302 g/mol. The summed E-state index contributed by atoms with van der Waals surface area (Å²) in [5, 5.41) is 3.43. The maximum absolute atomic E-state index is 12.3. The highest BCUT2D eigenvalue weighted by atomic mass is 35.5. The van der Waals surface area contributed by atoms with Crippen LogP contribution in [0, 0.1) is 0 Å². The van der Waals surface area contributed by atoms with Crippen molar-refractivity contribution >= 4 is 23.2 Å². The number of amides is 1. The number of halogens is 1. The van der Waals surface area contributed by atoms with Gasteiger partial charge in [-0.3, -0.25) is 9.78 Å². The summed E-state index contributed by atoms with van der Waals surface area (Å²) in [5.74, 6) is 0.344. The fraction of sp³-hybridized carbons (Fsp3) is 0.250. The molecule has 5 heteroatoms. The molecule has 21 heavy (non-hydrogen) atoms. The molecule has 3 rings (SSSR count). The molecule has 1 aromatic carbocycles. The van der Waals surface area contributed by atoms with Crippen LogP contribution in [0.3, 0.4) is 0 Å². The second kappa shape index (κ2) is 5.74. The molecule has 1 aromatic heterocycles. The van der Waals surface area contributed by atoms with Gasteiger partial charge in [-0.2, -0.15) is 0 Å². The first kappa shape index (κ1) is 13.9. The molecule has 2 aromatic rings. The van der Waals surface area contributed by atoms with E-state index in [0.717, 1.165) is 24.1 Å². The monoisotopic (exact) mass is 301 g/mol. The normalized spacial score (nSPS) is 14.0. The Morgan fingerprint density at radius 1 is 1.38 bits per heavy atom. The van der Waals surface area contributed by atoms with Crippen LogP contribution in [-0.2, 0) is 6.54 Å². The van der Waals surface area contributed by atoms with Crippen molar-refractivity contribution in [2.75, 3.05) is 5.73 Å². The van der Waals surface area contributed by atoms with Crippen LogP contribution in [0.1, 0.15) is 40.4 Å². The molecule has 0 unspecified atom stereocenters. The molecule has 0 atom stereocenters. The quantitative estimate of drug-likeness (QED) is 0.853. The molecule has 0 radical (unpaired) electrons. The lowest BCUT2D eigenvalue weighted by Gasteiger charge is -2.09. The van der Waals surface area contributed by atoms with Gasteiger partial charge in [0, 0.05) is 18.7 Å². The van der Waals surface area contributed by atoms with Crippen LogP contribution in [0.15, 0.2) is 36.5 Å². The molecule has 1 amide bonds. The Morgan fingerprint density at radius 3 is 2.90 bits per heavy atom. The summed E-state index contributed by atoms with van der Waals surface area (Å²) in [6.45, 7) is 0.416. The number of anilines is 1. The highest BCUT2D eigenvalue weighted by molar-refractivity contribution is 6.33. The average Bonchev–Trinajstić information content (AvgIpc) is 3.33. The van der Waals surface area contributed by atoms with Gasteiger partial charge in [-0.05, 0) is 42.7 Å². The third kappa shape index (κ3) is 3.16. The Bertz CT molecular complexity index is 683. The number of hydrogen-bond donors (Lipinski definition) is 2. The van der Waals surface area contributed by atoms with E-state index in [-0.39, 0.29) is 5.91 Å². The topological polar surface area (TPSA) is 68.0 Å². The summed E-state index contributed by atoms with van der Waals surface area (Å²) >= 11 is 5.88. The Kier molecular flexibility index (Phi) is 3.80. The van der Waals surface area contributed by atoms with Crippen molar-refractivity contribution in [3.05, 3.63) is 58.4 Å². The Labute approximate surface area is 128 Å². The number of rotatable bonds is 4. The molecule has 108 valence electrons. The minimum atomic E-state index is -0.0986. The molecule has 1 aliphatic carbocycles. The van der Waals surface area contributed by atoms with Crippen molar-refractivity contribution in [3.63, 3.8) is 0 Å². The van der Waals surface area contributed by atoms with Crippen molar-refractivity contribution in [2.45, 2.75) is 25.3 Å². The third-order valence-corrected chi connectivity index (χ3v) is 3.90. The van der Waals surface area contributed by atoms with Gasteiger partial charge < -0.3 is 11.1 Å². The maximum Gasteiger partial charge on any atom is 0.253 e. The van der Waals surface area contributed by atoms with Gasteiger partial charge in [-0.1, -0.05) is 17.7 Å². The third-order valence-electron chi connectivity index (χ3n) is 3.56. The van der Waals surface area contributed by atoms with Gasteiger partial charge in [0.2, 0.25) is 0 Å². The van der Waals surface area contributed by atoms with Crippen LogP contribution in [0.4, 0.5) is 5.69 Å². The number of nitrogen functional groups attached to an aromatic ring is 1. The predicted molar refractivity (Wildman–Crippen MR) is 83.2 cm³/mol. The highest BCUT2D eigenvalue weighted by Gasteiger charge is 2.29. The minimum absolute atomic E-state index is 0.0986. The van der Waals surface area contributed by atoms with E-state index in [1.54, 1.807) is 24.4 Å². The summed E-state index contributed by atoms with van der Waals surface area (Å²) in [5.41, 5.74) is 8.77. The van der Waals surface area contributed by atoms with Crippen molar-refractivity contribution in [1.29, 1.82) is 0 Å². The zero-order chi connectivity index (χ0) is 14.8. The predicted octanol–water partition coefficient (Wildman–Crippen LogP) is 3.12. The van der Waals surface area contributed by atoms with E-state index >= 15 is 0 Å². The summed E-state index contributed by atoms with van der Waals surface area (Å²) in [4.78, 5) is 16.7. The Hall–Kier alpha value is -2.07. The fourth-order valence-electron chi connectivity index (χ4n) is 2.27. The molecule has 3 N–H and O–H groups in total. The zero-order valence-corrected chi connectivity index (χ0v) is 12.2. The largest absolute Gasteiger partial charge is 0.398 e. The van der Waals surface area contributed by atoms with Crippen LogP contribution in [0.2, 0.25) is 5.02 Å². The van der Waals surface area contributed by atoms with Crippen LogP contribution in [-0.4, -0.2) is 10.9 Å². The SMILES string of the molecule is Nc1cc(CNC(=O)c2cccnc2C2CC2)ccc1Cl. The molecule has 1 heterocycles. The number of nitrogens with two attached hydrogens (primary N) is 1. The molecule has 0 aliphatic heterocycles. The number of aromatic nitrogens is 1. The second-order valence-electron chi connectivity index (χ2n) is 5.25. The lowest BCUT2D eigenvalue weighted by molar-refractivity contribution is 0.0949. The molecular weight excluding hydrogens is 286 g/mol. The standard InChI is InChI=1S/C16H16ClN3O/c17-13-6-3-10(8-14(13)18)9-20-16(21)12-2-1-7-19-15(12)11-4-5-11/h1-3,6-8,11H,4-5,9,18H2,(H,20,21). The van der Waals surface area contributed by atoms with E-state index in [9.17, 15) is 4.79 Å². The van der Waals surface area contributed by atoms with Crippen molar-refractivity contribution in [3.8, 4) is 0 Å². The van der Waals surface area contributed by atoms with E-state index in [1.807, 2.05) is 12.1 Å². The van der Waals surface area contributed by atoms with Gasteiger partial charge in [-0.25, -0.2) is 0 Å². The highest BCUT2D eigenvalue weighted by Crippen LogP contribution is 2.40. The van der Waals surface area contributed by atoms with E-state index in [0.29, 0.717) is 28.7 Å². The molecular formula is C16H16ClN3O. The second-order valence-corrected chi connectivity index (χ2v) is 5.66. The van der Waals surface area contributed by atoms with Gasteiger partial charge in [0.1, 0.15) is 0 Å². The number of nitrogens with zero attached hydrogens (tertiary/aromatic N) is 1. The van der Waals surface area contributed by atoms with E-state index in [1.165, 1.54) is 0 Å². The van der Waals surface area contributed by atoms with Crippen molar-refractivity contribution < 1.29 is 4.79 Å². The van der Waals surface area contributed by atoms with Gasteiger partial charge in [0.05, 0.1) is 22.0 Å². The summed E-state index contributed by atoms with van der Waals surface area (Å²) < 4.78 is 0. The first-order valence-corrected chi connectivity index (χ1v) is 7.30. The lowest BCUT2D eigenvalue weighted by atomic mass is 10.1. The number of nitrogens with one attached hydrogen (secondary N) is 1. The number of benzene rings is 1. The number of hydrogen-bond acceptors (Lipinski definition) is 3. The van der Waals surface area contributed by atoms with Crippen LogP contribution >= 0.6 is 11.6 Å². The van der Waals surface area contributed by atoms with Gasteiger partial charge >= 0.3 is 0 Å². The lowest BCUT2D eigenvalue weighted by Crippen LogP contribution is -2.24. The van der Waals surface area contributed by atoms with Gasteiger partial charge in [0.25, 0.3) is 5.91 Å². The van der Waals surface area contributed by atoms with Crippen molar-refractivity contribution in [1.82, 2.24) is 10.3 Å². The van der Waals surface area contributed by atoms with Crippen LogP contribution in [0.5, 0.6) is 0 Å². The molecule has 1 aliphatic rings.